The van der Waals surface area contributed by atoms with Crippen molar-refractivity contribution in [3.8, 4) is 0 Å². The summed E-state index contributed by atoms with van der Waals surface area (Å²) in [6, 6.07) is 4.36. The van der Waals surface area contributed by atoms with E-state index in [0.29, 0.717) is 34.2 Å². The van der Waals surface area contributed by atoms with Crippen LogP contribution < -0.4 is 16.2 Å². The van der Waals surface area contributed by atoms with Crippen molar-refractivity contribution in [2.75, 3.05) is 12.3 Å². The summed E-state index contributed by atoms with van der Waals surface area (Å²) in [4.78, 5) is 41.4. The first-order valence-corrected chi connectivity index (χ1v) is 10.5. The van der Waals surface area contributed by atoms with Gasteiger partial charge in [0.2, 0.25) is 11.8 Å². The Bertz CT molecular complexity index is 929. The molecule has 0 spiro atoms. The molecule has 1 atom stereocenters. The predicted octanol–water partition coefficient (Wildman–Crippen LogP) is 2.44. The molecule has 0 saturated carbocycles. The molecule has 0 aliphatic rings. The predicted molar refractivity (Wildman–Crippen MR) is 113 cm³/mol. The molecule has 2 N–H and O–H groups in total. The van der Waals surface area contributed by atoms with Crippen LogP contribution in [-0.4, -0.2) is 39.7 Å². The van der Waals surface area contributed by atoms with E-state index in [9.17, 15) is 14.4 Å². The summed E-state index contributed by atoms with van der Waals surface area (Å²) in [5.41, 5.74) is 0.354. The van der Waals surface area contributed by atoms with Gasteiger partial charge in [-0.1, -0.05) is 37.2 Å². The molecule has 7 nitrogen and oxygen atoms in total. The van der Waals surface area contributed by atoms with Crippen LogP contribution in [0.4, 0.5) is 0 Å². The quantitative estimate of drug-likeness (QED) is 0.501. The van der Waals surface area contributed by atoms with Gasteiger partial charge in [0.25, 0.3) is 5.56 Å². The molecule has 1 aromatic heterocycles. The molecule has 0 aliphatic carbocycles. The maximum atomic E-state index is 12.9. The highest BCUT2D eigenvalue weighted by Crippen LogP contribution is 2.21. The Hall–Kier alpha value is -2.06. The molecule has 0 saturated heterocycles. The summed E-state index contributed by atoms with van der Waals surface area (Å²) in [5, 5.41) is 6.70. The Kier molecular flexibility index (Phi) is 7.88. The molecule has 0 bridgehead atoms. The first-order chi connectivity index (χ1) is 13.2. The normalized spacial score (nSPS) is 12.2. The molecule has 2 aromatic rings. The van der Waals surface area contributed by atoms with Gasteiger partial charge < -0.3 is 10.6 Å². The number of amides is 2. The number of thioether (sulfide) groups is 1. The summed E-state index contributed by atoms with van der Waals surface area (Å²) in [6.07, 6.45) is 0. The van der Waals surface area contributed by atoms with E-state index in [1.54, 1.807) is 29.7 Å². The number of hydrogen-bond acceptors (Lipinski definition) is 5. The van der Waals surface area contributed by atoms with E-state index in [1.807, 2.05) is 20.8 Å². The molecule has 0 radical (unpaired) electrons. The Morgan fingerprint density at radius 1 is 1.29 bits per heavy atom. The summed E-state index contributed by atoms with van der Waals surface area (Å²) in [6.45, 7) is 8.43. The summed E-state index contributed by atoms with van der Waals surface area (Å²) < 4.78 is 1.58. The Labute approximate surface area is 173 Å². The molecule has 9 heteroatoms. The van der Waals surface area contributed by atoms with Gasteiger partial charge in [-0.25, -0.2) is 4.98 Å². The minimum atomic E-state index is -0.627. The van der Waals surface area contributed by atoms with Crippen molar-refractivity contribution in [3.05, 3.63) is 33.6 Å². The van der Waals surface area contributed by atoms with Crippen molar-refractivity contribution in [1.29, 1.82) is 0 Å². The van der Waals surface area contributed by atoms with Gasteiger partial charge in [-0.2, -0.15) is 0 Å². The number of carbonyl (C=O) groups is 2. The maximum Gasteiger partial charge on any atom is 0.262 e. The van der Waals surface area contributed by atoms with Crippen molar-refractivity contribution < 1.29 is 9.59 Å². The van der Waals surface area contributed by atoms with Crippen LogP contribution in [0.5, 0.6) is 0 Å². The number of benzene rings is 1. The highest BCUT2D eigenvalue weighted by atomic mass is 35.5. The average Bonchev–Trinajstić information content (AvgIpc) is 2.63. The summed E-state index contributed by atoms with van der Waals surface area (Å²) in [7, 11) is 0. The fraction of sp³-hybridized carbons (Fsp3) is 0.474. The molecule has 2 amide bonds. The van der Waals surface area contributed by atoms with Gasteiger partial charge in [-0.3, -0.25) is 19.0 Å². The Balaban J connectivity index is 2.23. The minimum absolute atomic E-state index is 0.0490. The monoisotopic (exact) mass is 424 g/mol. The third kappa shape index (κ3) is 5.72. The maximum absolute atomic E-state index is 12.9. The molecule has 1 aromatic carbocycles. The zero-order valence-electron chi connectivity index (χ0n) is 16.4. The van der Waals surface area contributed by atoms with Crippen LogP contribution in [0.3, 0.4) is 0 Å². The van der Waals surface area contributed by atoms with Crippen molar-refractivity contribution in [2.45, 2.75) is 45.4 Å². The van der Waals surface area contributed by atoms with E-state index in [4.69, 9.17) is 11.6 Å². The second kappa shape index (κ2) is 9.93. The van der Waals surface area contributed by atoms with Crippen LogP contribution in [0, 0.1) is 5.92 Å². The van der Waals surface area contributed by atoms with Crippen molar-refractivity contribution in [3.63, 3.8) is 0 Å². The van der Waals surface area contributed by atoms with Crippen molar-refractivity contribution in [1.82, 2.24) is 20.2 Å². The highest BCUT2D eigenvalue weighted by Gasteiger charge is 2.17. The lowest BCUT2D eigenvalue weighted by atomic mass is 10.2. The lowest BCUT2D eigenvalue weighted by molar-refractivity contribution is -0.127. The van der Waals surface area contributed by atoms with Crippen molar-refractivity contribution in [2.24, 2.45) is 5.92 Å². The zero-order valence-corrected chi connectivity index (χ0v) is 18.0. The molecule has 0 aliphatic heterocycles. The second-order valence-corrected chi connectivity index (χ2v) is 8.22. The SMILES string of the molecule is CCNC(=O)[C@@H](C)NC(=O)CSc1nc2ccc(Cl)cc2c(=O)n1CC(C)C. The lowest BCUT2D eigenvalue weighted by Crippen LogP contribution is -2.45. The molecule has 0 unspecified atom stereocenters. The van der Waals surface area contributed by atoms with Crippen LogP contribution >= 0.6 is 23.4 Å². The number of likely N-dealkylation sites (N-methyl/N-ethyl adjacent to an activating group) is 1. The number of fused-ring (bicyclic) bond motifs is 1. The fourth-order valence-corrected chi connectivity index (χ4v) is 3.61. The third-order valence-corrected chi connectivity index (χ3v) is 5.09. The molecule has 1 heterocycles. The average molecular weight is 425 g/mol. The molecule has 28 heavy (non-hydrogen) atoms. The Morgan fingerprint density at radius 3 is 2.64 bits per heavy atom. The number of rotatable bonds is 8. The first-order valence-electron chi connectivity index (χ1n) is 9.12. The Morgan fingerprint density at radius 2 is 2.00 bits per heavy atom. The van der Waals surface area contributed by atoms with Gasteiger partial charge in [-0.15, -0.1) is 0 Å². The smallest absolute Gasteiger partial charge is 0.262 e. The van der Waals surface area contributed by atoms with Crippen LogP contribution in [0.1, 0.15) is 27.7 Å². The van der Waals surface area contributed by atoms with Crippen LogP contribution in [0.15, 0.2) is 28.2 Å². The molecule has 152 valence electrons. The first kappa shape index (κ1) is 22.2. The van der Waals surface area contributed by atoms with E-state index in [0.717, 1.165) is 0 Å². The van der Waals surface area contributed by atoms with Crippen molar-refractivity contribution >= 4 is 46.1 Å². The van der Waals surface area contributed by atoms with E-state index in [2.05, 4.69) is 15.6 Å². The van der Waals surface area contributed by atoms with E-state index >= 15 is 0 Å². The van der Waals surface area contributed by atoms with Gasteiger partial charge >= 0.3 is 0 Å². The largest absolute Gasteiger partial charge is 0.355 e. The topological polar surface area (TPSA) is 93.1 Å². The van der Waals surface area contributed by atoms with Crippen LogP contribution in [0.25, 0.3) is 10.9 Å². The molecular weight excluding hydrogens is 400 g/mol. The fourth-order valence-electron chi connectivity index (χ4n) is 2.62. The van der Waals surface area contributed by atoms with Crippen LogP contribution in [-0.2, 0) is 16.1 Å². The zero-order chi connectivity index (χ0) is 20.8. The second-order valence-electron chi connectivity index (χ2n) is 6.84. The number of halogens is 1. The van der Waals surface area contributed by atoms with Gasteiger partial charge in [0, 0.05) is 18.1 Å². The lowest BCUT2D eigenvalue weighted by Gasteiger charge is -2.16. The van der Waals surface area contributed by atoms with E-state index < -0.39 is 6.04 Å². The minimum Gasteiger partial charge on any atom is -0.355 e. The number of nitrogens with one attached hydrogen (secondary N) is 2. The van der Waals surface area contributed by atoms with E-state index in [1.165, 1.54) is 11.8 Å². The summed E-state index contributed by atoms with van der Waals surface area (Å²) in [5.74, 6) is -0.265. The van der Waals surface area contributed by atoms with Gasteiger partial charge in [0.1, 0.15) is 6.04 Å². The van der Waals surface area contributed by atoms with Crippen LogP contribution in [0.2, 0.25) is 5.02 Å². The number of carbonyl (C=O) groups excluding carboxylic acids is 2. The number of aromatic nitrogens is 2. The number of nitrogens with zero attached hydrogens (tertiary/aromatic N) is 2. The molecular formula is C19H25ClN4O3S. The highest BCUT2D eigenvalue weighted by molar-refractivity contribution is 7.99. The number of hydrogen-bond donors (Lipinski definition) is 2. The standard InChI is InChI=1S/C19H25ClN4O3S/c1-5-21-17(26)12(4)22-16(25)10-28-19-23-15-7-6-13(20)8-14(15)18(27)24(19)9-11(2)3/h6-8,11-12H,5,9-10H2,1-4H3,(H,21,26)(H,22,25)/t12-/m1/s1. The van der Waals surface area contributed by atoms with Gasteiger partial charge in [0.15, 0.2) is 5.16 Å². The van der Waals surface area contributed by atoms with Gasteiger partial charge in [-0.05, 0) is 38.0 Å². The molecule has 0 fully saturated rings. The molecule has 2 rings (SSSR count). The third-order valence-electron chi connectivity index (χ3n) is 3.88. The van der Waals surface area contributed by atoms with Gasteiger partial charge in [0.05, 0.1) is 16.7 Å². The van der Waals surface area contributed by atoms with E-state index in [-0.39, 0.29) is 29.0 Å². The summed E-state index contributed by atoms with van der Waals surface area (Å²) >= 11 is 7.19.